The third-order valence-electron chi connectivity index (χ3n) is 3.20. The van der Waals surface area contributed by atoms with E-state index in [0.717, 1.165) is 16.8 Å². The highest BCUT2D eigenvalue weighted by Crippen LogP contribution is 2.30. The summed E-state index contributed by atoms with van der Waals surface area (Å²) in [6.45, 7) is 4.19. The van der Waals surface area contributed by atoms with Crippen LogP contribution >= 0.6 is 11.8 Å². The van der Waals surface area contributed by atoms with E-state index in [1.165, 1.54) is 31.4 Å². The third-order valence-corrected chi connectivity index (χ3v) is 4.34. The zero-order valence-corrected chi connectivity index (χ0v) is 11.5. The van der Waals surface area contributed by atoms with Crippen molar-refractivity contribution in [1.29, 1.82) is 0 Å². The van der Waals surface area contributed by atoms with Gasteiger partial charge in [0.1, 0.15) is 16.7 Å². The van der Waals surface area contributed by atoms with E-state index in [-0.39, 0.29) is 0 Å². The van der Waals surface area contributed by atoms with Crippen molar-refractivity contribution in [3.63, 3.8) is 0 Å². The molecule has 0 bridgehead atoms. The summed E-state index contributed by atoms with van der Waals surface area (Å²) in [7, 11) is 0. The van der Waals surface area contributed by atoms with E-state index in [1.54, 1.807) is 0 Å². The molecule has 1 saturated carbocycles. The fourth-order valence-corrected chi connectivity index (χ4v) is 3.28. The highest BCUT2D eigenvalue weighted by Gasteiger charge is 2.16. The second kappa shape index (κ2) is 5.71. The Hall–Kier alpha value is -0.770. The molecule has 1 aliphatic carbocycles. The van der Waals surface area contributed by atoms with E-state index in [4.69, 9.17) is 5.73 Å². The van der Waals surface area contributed by atoms with Gasteiger partial charge in [-0.1, -0.05) is 26.7 Å². The van der Waals surface area contributed by atoms with Gasteiger partial charge in [0.05, 0.1) is 0 Å². The number of rotatable bonds is 4. The summed E-state index contributed by atoms with van der Waals surface area (Å²) in [6, 6.07) is 1.89. The van der Waals surface area contributed by atoms with E-state index >= 15 is 0 Å². The number of nitrogens with zero attached hydrogens (tertiary/aromatic N) is 2. The van der Waals surface area contributed by atoms with Crippen LogP contribution in [-0.2, 0) is 0 Å². The second-order valence-electron chi connectivity index (χ2n) is 5.11. The van der Waals surface area contributed by atoms with Crippen LogP contribution in [0.2, 0.25) is 0 Å². The smallest absolute Gasteiger partial charge is 0.134 e. The largest absolute Gasteiger partial charge is 0.384 e. The summed E-state index contributed by atoms with van der Waals surface area (Å²) < 4.78 is 0. The standard InChI is InChI=1S/C13H21N3S/c1-9(2)13-15-11(14)7-12(16-13)17-8-10-5-3-4-6-10/h7,9-10H,3-6,8H2,1-2H3,(H2,14,15,16). The number of nitrogens with two attached hydrogens (primary N) is 1. The molecule has 0 aliphatic heterocycles. The first-order chi connectivity index (χ1) is 8.15. The quantitative estimate of drug-likeness (QED) is 0.657. The summed E-state index contributed by atoms with van der Waals surface area (Å²) in [5.74, 6) is 3.84. The zero-order valence-electron chi connectivity index (χ0n) is 10.6. The summed E-state index contributed by atoms with van der Waals surface area (Å²) in [5.41, 5.74) is 5.82. The fraction of sp³-hybridized carbons (Fsp3) is 0.692. The lowest BCUT2D eigenvalue weighted by Gasteiger charge is -2.10. The van der Waals surface area contributed by atoms with Gasteiger partial charge in [-0.3, -0.25) is 0 Å². The highest BCUT2D eigenvalue weighted by molar-refractivity contribution is 7.99. The van der Waals surface area contributed by atoms with Crippen molar-refractivity contribution < 1.29 is 0 Å². The topological polar surface area (TPSA) is 51.8 Å². The van der Waals surface area contributed by atoms with Crippen LogP contribution in [0.3, 0.4) is 0 Å². The predicted octanol–water partition coefficient (Wildman–Crippen LogP) is 3.46. The summed E-state index contributed by atoms with van der Waals surface area (Å²) >= 11 is 1.83. The molecule has 2 N–H and O–H groups in total. The van der Waals surface area contributed by atoms with Gasteiger partial charge in [-0.25, -0.2) is 9.97 Å². The van der Waals surface area contributed by atoms with Crippen molar-refractivity contribution in [2.75, 3.05) is 11.5 Å². The molecule has 0 atom stereocenters. The monoisotopic (exact) mass is 251 g/mol. The SMILES string of the molecule is CC(C)c1nc(N)cc(SCC2CCCC2)n1. The van der Waals surface area contributed by atoms with Crippen molar-refractivity contribution in [2.24, 2.45) is 5.92 Å². The average Bonchev–Trinajstić information content (AvgIpc) is 2.78. The zero-order chi connectivity index (χ0) is 12.3. The number of anilines is 1. The lowest BCUT2D eigenvalue weighted by atomic mass is 10.1. The Morgan fingerprint density at radius 2 is 2.06 bits per heavy atom. The molecule has 2 rings (SSSR count). The molecule has 0 unspecified atom stereocenters. The first-order valence-electron chi connectivity index (χ1n) is 6.42. The fourth-order valence-electron chi connectivity index (χ4n) is 2.17. The van der Waals surface area contributed by atoms with E-state index in [9.17, 15) is 0 Å². The van der Waals surface area contributed by atoms with Crippen molar-refractivity contribution >= 4 is 17.6 Å². The molecular formula is C13H21N3S. The number of nitrogen functional groups attached to an aromatic ring is 1. The highest BCUT2D eigenvalue weighted by atomic mass is 32.2. The number of hydrogen-bond donors (Lipinski definition) is 1. The van der Waals surface area contributed by atoms with Crippen LogP contribution in [0, 0.1) is 5.92 Å². The molecule has 17 heavy (non-hydrogen) atoms. The molecule has 1 fully saturated rings. The van der Waals surface area contributed by atoms with E-state index in [2.05, 4.69) is 23.8 Å². The Labute approximate surface area is 108 Å². The molecule has 1 heterocycles. The van der Waals surface area contributed by atoms with Gasteiger partial charge < -0.3 is 5.73 Å². The van der Waals surface area contributed by atoms with Crippen LogP contribution in [0.4, 0.5) is 5.82 Å². The normalized spacial score (nSPS) is 16.9. The maximum absolute atomic E-state index is 5.82. The van der Waals surface area contributed by atoms with Gasteiger partial charge in [-0.2, -0.15) is 0 Å². The van der Waals surface area contributed by atoms with Gasteiger partial charge in [0.2, 0.25) is 0 Å². The molecule has 4 heteroatoms. The molecule has 0 saturated heterocycles. The first kappa shape index (κ1) is 12.7. The van der Waals surface area contributed by atoms with Crippen molar-refractivity contribution in [2.45, 2.75) is 50.5 Å². The average molecular weight is 251 g/mol. The van der Waals surface area contributed by atoms with Gasteiger partial charge in [-0.15, -0.1) is 11.8 Å². The molecule has 1 aromatic heterocycles. The van der Waals surface area contributed by atoms with Gasteiger partial charge in [0, 0.05) is 17.7 Å². The Bertz CT molecular complexity index is 373. The minimum absolute atomic E-state index is 0.337. The predicted molar refractivity (Wildman–Crippen MR) is 73.2 cm³/mol. The Kier molecular flexibility index (Phi) is 4.26. The summed E-state index contributed by atoms with van der Waals surface area (Å²) in [4.78, 5) is 8.83. The molecule has 94 valence electrons. The minimum Gasteiger partial charge on any atom is -0.384 e. The number of hydrogen-bond acceptors (Lipinski definition) is 4. The van der Waals surface area contributed by atoms with Gasteiger partial charge in [0.25, 0.3) is 0 Å². The molecule has 0 radical (unpaired) electrons. The maximum atomic E-state index is 5.82. The molecule has 1 aliphatic rings. The van der Waals surface area contributed by atoms with Crippen LogP contribution in [0.15, 0.2) is 11.1 Å². The second-order valence-corrected chi connectivity index (χ2v) is 6.15. The van der Waals surface area contributed by atoms with Crippen molar-refractivity contribution in [1.82, 2.24) is 9.97 Å². The minimum atomic E-state index is 0.337. The van der Waals surface area contributed by atoms with Crippen LogP contribution in [0.25, 0.3) is 0 Å². The number of aromatic nitrogens is 2. The van der Waals surface area contributed by atoms with E-state index in [0.29, 0.717) is 11.7 Å². The van der Waals surface area contributed by atoms with Gasteiger partial charge in [0.15, 0.2) is 0 Å². The van der Waals surface area contributed by atoms with Crippen LogP contribution < -0.4 is 5.73 Å². The van der Waals surface area contributed by atoms with Crippen LogP contribution in [0.5, 0.6) is 0 Å². The van der Waals surface area contributed by atoms with Crippen molar-refractivity contribution in [3.05, 3.63) is 11.9 Å². The van der Waals surface area contributed by atoms with Crippen LogP contribution in [0.1, 0.15) is 51.3 Å². The van der Waals surface area contributed by atoms with Gasteiger partial charge >= 0.3 is 0 Å². The third kappa shape index (κ3) is 3.60. The van der Waals surface area contributed by atoms with E-state index < -0.39 is 0 Å². The molecule has 0 amide bonds. The van der Waals surface area contributed by atoms with E-state index in [1.807, 2.05) is 17.8 Å². The summed E-state index contributed by atoms with van der Waals surface area (Å²) in [5, 5.41) is 1.04. The Balaban J connectivity index is 1.99. The number of thioether (sulfide) groups is 1. The maximum Gasteiger partial charge on any atom is 0.134 e. The molecule has 0 spiro atoms. The molecule has 1 aromatic rings. The van der Waals surface area contributed by atoms with Crippen molar-refractivity contribution in [3.8, 4) is 0 Å². The molecular weight excluding hydrogens is 230 g/mol. The lowest BCUT2D eigenvalue weighted by Crippen LogP contribution is -2.03. The molecule has 0 aromatic carbocycles. The molecule has 3 nitrogen and oxygen atoms in total. The van der Waals surface area contributed by atoms with Crippen LogP contribution in [-0.4, -0.2) is 15.7 Å². The lowest BCUT2D eigenvalue weighted by molar-refractivity contribution is 0.622. The van der Waals surface area contributed by atoms with Gasteiger partial charge in [-0.05, 0) is 18.8 Å². The summed E-state index contributed by atoms with van der Waals surface area (Å²) in [6.07, 6.45) is 5.55. The first-order valence-corrected chi connectivity index (χ1v) is 7.41. The Morgan fingerprint density at radius 3 is 2.71 bits per heavy atom. The Morgan fingerprint density at radius 1 is 1.35 bits per heavy atom.